The maximum atomic E-state index is 11.1. The molecule has 2 heterocycles. The summed E-state index contributed by atoms with van der Waals surface area (Å²) in [5, 5.41) is 11.3. The smallest absolute Gasteiger partial charge is 0.309 e. The quantitative estimate of drug-likeness (QED) is 0.900. The summed E-state index contributed by atoms with van der Waals surface area (Å²) in [7, 11) is 0. The van der Waals surface area contributed by atoms with E-state index in [1.54, 1.807) is 11.3 Å². The third-order valence-corrected chi connectivity index (χ3v) is 4.82. The summed E-state index contributed by atoms with van der Waals surface area (Å²) >= 11 is 1.79. The van der Waals surface area contributed by atoms with Crippen molar-refractivity contribution < 1.29 is 9.90 Å². The van der Waals surface area contributed by atoms with Crippen LogP contribution in [0.2, 0.25) is 0 Å². The summed E-state index contributed by atoms with van der Waals surface area (Å²) in [5.74, 6) is -0.649. The highest BCUT2D eigenvalue weighted by atomic mass is 32.1. The molecule has 0 aromatic carbocycles. The van der Waals surface area contributed by atoms with Crippen LogP contribution < -0.4 is 0 Å². The van der Waals surface area contributed by atoms with E-state index in [4.69, 9.17) is 5.11 Å². The Hall–Kier alpha value is -0.870. The van der Waals surface area contributed by atoms with Crippen molar-refractivity contribution in [2.24, 2.45) is 5.41 Å². The fourth-order valence-corrected chi connectivity index (χ4v) is 3.14. The first kappa shape index (κ1) is 12.6. The predicted octanol–water partition coefficient (Wildman–Crippen LogP) is 2.74. The van der Waals surface area contributed by atoms with E-state index in [9.17, 15) is 4.79 Å². The first-order valence-electron chi connectivity index (χ1n) is 6.00. The van der Waals surface area contributed by atoms with Crippen LogP contribution in [-0.4, -0.2) is 29.1 Å². The van der Waals surface area contributed by atoms with Gasteiger partial charge in [0.1, 0.15) is 0 Å². The third-order valence-electron chi connectivity index (χ3n) is 3.81. The van der Waals surface area contributed by atoms with Gasteiger partial charge in [0, 0.05) is 11.4 Å². The van der Waals surface area contributed by atoms with Crippen LogP contribution in [-0.2, 0) is 11.3 Å². The topological polar surface area (TPSA) is 40.5 Å². The molecule has 4 heteroatoms. The molecule has 2 rings (SSSR count). The van der Waals surface area contributed by atoms with E-state index in [0.29, 0.717) is 0 Å². The van der Waals surface area contributed by atoms with E-state index >= 15 is 0 Å². The van der Waals surface area contributed by atoms with Crippen LogP contribution in [0.15, 0.2) is 11.4 Å². The van der Waals surface area contributed by atoms with Crippen LogP contribution >= 0.6 is 11.3 Å². The second kappa shape index (κ2) is 4.78. The fraction of sp³-hybridized carbons (Fsp3) is 0.615. The molecule has 0 bridgehead atoms. The van der Waals surface area contributed by atoms with E-state index in [-0.39, 0.29) is 0 Å². The maximum Gasteiger partial charge on any atom is 0.309 e. The van der Waals surface area contributed by atoms with Crippen molar-refractivity contribution >= 4 is 17.3 Å². The number of carboxylic acid groups (broad SMARTS) is 1. The zero-order chi connectivity index (χ0) is 12.5. The van der Waals surface area contributed by atoms with E-state index in [1.807, 2.05) is 6.92 Å². The molecule has 0 aliphatic carbocycles. The molecule has 0 spiro atoms. The number of carbonyl (C=O) groups is 1. The number of aliphatic carboxylic acids is 1. The molecule has 0 atom stereocenters. The van der Waals surface area contributed by atoms with Gasteiger partial charge in [-0.3, -0.25) is 9.69 Å². The standard InChI is InChI=1S/C13H19NO2S/c1-10-3-8-17-11(10)9-14-6-4-13(2,5-7-14)12(15)16/h3,8H,4-7,9H2,1-2H3,(H,15,16). The Morgan fingerprint density at radius 2 is 2.18 bits per heavy atom. The van der Waals surface area contributed by atoms with E-state index < -0.39 is 11.4 Å². The molecular formula is C13H19NO2S. The molecule has 1 fully saturated rings. The van der Waals surface area contributed by atoms with Gasteiger partial charge in [0.2, 0.25) is 0 Å². The van der Waals surface area contributed by atoms with Crippen molar-refractivity contribution in [2.75, 3.05) is 13.1 Å². The van der Waals surface area contributed by atoms with E-state index in [0.717, 1.165) is 32.5 Å². The number of rotatable bonds is 3. The van der Waals surface area contributed by atoms with E-state index in [1.165, 1.54) is 10.4 Å². The lowest BCUT2D eigenvalue weighted by Crippen LogP contribution is -2.42. The zero-order valence-electron chi connectivity index (χ0n) is 10.4. The molecule has 0 radical (unpaired) electrons. The minimum Gasteiger partial charge on any atom is -0.481 e. The molecule has 1 aromatic heterocycles. The Balaban J connectivity index is 1.92. The second-order valence-corrected chi connectivity index (χ2v) is 6.17. The van der Waals surface area contributed by atoms with Crippen molar-refractivity contribution in [1.29, 1.82) is 0 Å². The van der Waals surface area contributed by atoms with Crippen LogP contribution in [0.5, 0.6) is 0 Å². The van der Waals surface area contributed by atoms with Gasteiger partial charge in [-0.2, -0.15) is 0 Å². The van der Waals surface area contributed by atoms with Crippen LogP contribution in [0, 0.1) is 12.3 Å². The lowest BCUT2D eigenvalue weighted by atomic mass is 9.80. The Labute approximate surface area is 106 Å². The van der Waals surface area contributed by atoms with Crippen molar-refractivity contribution in [3.05, 3.63) is 21.9 Å². The van der Waals surface area contributed by atoms with Gasteiger partial charge in [-0.25, -0.2) is 0 Å². The van der Waals surface area contributed by atoms with Crippen LogP contribution in [0.25, 0.3) is 0 Å². The first-order chi connectivity index (χ1) is 8.01. The largest absolute Gasteiger partial charge is 0.481 e. The minimum absolute atomic E-state index is 0.513. The number of piperidine rings is 1. The predicted molar refractivity (Wildman–Crippen MR) is 69.3 cm³/mol. The highest BCUT2D eigenvalue weighted by Crippen LogP contribution is 2.32. The molecule has 1 saturated heterocycles. The van der Waals surface area contributed by atoms with E-state index in [2.05, 4.69) is 23.3 Å². The molecule has 1 aliphatic heterocycles. The number of hydrogen-bond acceptors (Lipinski definition) is 3. The molecular weight excluding hydrogens is 234 g/mol. The summed E-state index contributed by atoms with van der Waals surface area (Å²) < 4.78 is 0. The number of hydrogen-bond donors (Lipinski definition) is 1. The molecule has 3 nitrogen and oxygen atoms in total. The fourth-order valence-electron chi connectivity index (χ4n) is 2.19. The Morgan fingerprint density at radius 3 is 2.65 bits per heavy atom. The summed E-state index contributed by atoms with van der Waals surface area (Å²) in [4.78, 5) is 14.9. The molecule has 1 N–H and O–H groups in total. The zero-order valence-corrected chi connectivity index (χ0v) is 11.2. The van der Waals surface area contributed by atoms with Gasteiger partial charge in [-0.1, -0.05) is 0 Å². The highest BCUT2D eigenvalue weighted by Gasteiger charge is 2.36. The Morgan fingerprint density at radius 1 is 1.53 bits per heavy atom. The molecule has 1 aromatic rings. The lowest BCUT2D eigenvalue weighted by Gasteiger charge is -2.36. The van der Waals surface area contributed by atoms with Crippen LogP contribution in [0.3, 0.4) is 0 Å². The van der Waals surface area contributed by atoms with Crippen LogP contribution in [0.1, 0.15) is 30.2 Å². The Kier molecular flexibility index (Phi) is 3.54. The number of carboxylic acids is 1. The highest BCUT2D eigenvalue weighted by molar-refractivity contribution is 7.10. The van der Waals surface area contributed by atoms with Gasteiger partial charge in [-0.15, -0.1) is 11.3 Å². The van der Waals surface area contributed by atoms with Gasteiger partial charge in [0.05, 0.1) is 5.41 Å². The monoisotopic (exact) mass is 253 g/mol. The number of thiophene rings is 1. The second-order valence-electron chi connectivity index (χ2n) is 5.17. The minimum atomic E-state index is -0.649. The average Bonchev–Trinajstić information content (AvgIpc) is 2.68. The van der Waals surface area contributed by atoms with Gasteiger partial charge in [0.25, 0.3) is 0 Å². The van der Waals surface area contributed by atoms with Crippen LogP contribution in [0.4, 0.5) is 0 Å². The van der Waals surface area contributed by atoms with Gasteiger partial charge in [0.15, 0.2) is 0 Å². The SMILES string of the molecule is Cc1ccsc1CN1CCC(C)(C(=O)O)CC1. The Bertz CT molecular complexity index is 405. The third kappa shape index (κ3) is 2.69. The summed E-state index contributed by atoms with van der Waals surface area (Å²) in [6, 6.07) is 2.14. The summed E-state index contributed by atoms with van der Waals surface area (Å²) in [6.07, 6.45) is 1.51. The lowest BCUT2D eigenvalue weighted by molar-refractivity contribution is -0.150. The first-order valence-corrected chi connectivity index (χ1v) is 6.88. The number of likely N-dealkylation sites (tertiary alicyclic amines) is 1. The normalized spacial score (nSPS) is 20.4. The summed E-state index contributed by atoms with van der Waals surface area (Å²) in [5.41, 5.74) is 0.836. The molecule has 0 saturated carbocycles. The van der Waals surface area contributed by atoms with Crippen molar-refractivity contribution in [3.8, 4) is 0 Å². The van der Waals surface area contributed by atoms with Gasteiger partial charge >= 0.3 is 5.97 Å². The number of nitrogens with zero attached hydrogens (tertiary/aromatic N) is 1. The number of aryl methyl sites for hydroxylation is 1. The molecule has 94 valence electrons. The molecule has 0 unspecified atom stereocenters. The van der Waals surface area contributed by atoms with Crippen molar-refractivity contribution in [3.63, 3.8) is 0 Å². The van der Waals surface area contributed by atoms with Crippen molar-refractivity contribution in [1.82, 2.24) is 4.90 Å². The maximum absolute atomic E-state index is 11.1. The van der Waals surface area contributed by atoms with Gasteiger partial charge in [-0.05, 0) is 56.8 Å². The molecule has 0 amide bonds. The summed E-state index contributed by atoms with van der Waals surface area (Å²) in [6.45, 7) is 6.75. The molecule has 17 heavy (non-hydrogen) atoms. The average molecular weight is 253 g/mol. The van der Waals surface area contributed by atoms with Gasteiger partial charge < -0.3 is 5.11 Å². The molecule has 1 aliphatic rings. The van der Waals surface area contributed by atoms with Crippen molar-refractivity contribution in [2.45, 2.75) is 33.2 Å².